The van der Waals surface area contributed by atoms with E-state index < -0.39 is 67.5 Å². The Morgan fingerprint density at radius 1 is 1.27 bits per heavy atom. The summed E-state index contributed by atoms with van der Waals surface area (Å²) in [5, 5.41) is 23.7. The molecule has 0 spiro atoms. The van der Waals surface area contributed by atoms with Gasteiger partial charge in [0.25, 0.3) is 11.4 Å². The highest BCUT2D eigenvalue weighted by Gasteiger charge is 2.63. The number of rotatable bonds is 10. The van der Waals surface area contributed by atoms with Gasteiger partial charge in [0.15, 0.2) is 6.23 Å². The fraction of sp³-hybridized carbons (Fsp3) is 0.500. The van der Waals surface area contributed by atoms with E-state index in [1.807, 2.05) is 4.98 Å². The molecule has 37 heavy (non-hydrogen) atoms. The van der Waals surface area contributed by atoms with Crippen LogP contribution in [0.15, 0.2) is 52.2 Å². The summed E-state index contributed by atoms with van der Waals surface area (Å²) in [6, 6.07) is 7.38. The third-order valence-corrected chi connectivity index (χ3v) is 6.95. The van der Waals surface area contributed by atoms with E-state index >= 15 is 4.39 Å². The Morgan fingerprint density at radius 3 is 2.51 bits per heavy atom. The molecule has 0 bridgehead atoms. The summed E-state index contributed by atoms with van der Waals surface area (Å²) in [4.78, 5) is 37.7. The lowest BCUT2D eigenvalue weighted by atomic mass is 9.95. The average molecular weight is 545 g/mol. The quantitative estimate of drug-likeness (QED) is 0.247. The minimum absolute atomic E-state index is 0.0493. The largest absolute Gasteiger partial charge is 0.462 e. The zero-order chi connectivity index (χ0) is 27.6. The van der Waals surface area contributed by atoms with Crippen LogP contribution in [0, 0.1) is 0 Å². The molecule has 6 atom stereocenters. The number of aliphatic hydroxyl groups excluding tert-OH is 1. The maximum absolute atomic E-state index is 15.8. The fourth-order valence-corrected chi connectivity index (χ4v) is 5.02. The van der Waals surface area contributed by atoms with Gasteiger partial charge in [0.1, 0.15) is 30.1 Å². The number of esters is 1. The lowest BCUT2D eigenvalue weighted by Gasteiger charge is -2.29. The lowest BCUT2D eigenvalue weighted by Crippen LogP contribution is -2.50. The second-order valence-corrected chi connectivity index (χ2v) is 10.6. The minimum atomic E-state index is -4.55. The van der Waals surface area contributed by atoms with Gasteiger partial charge in [-0.1, -0.05) is 18.2 Å². The van der Waals surface area contributed by atoms with E-state index in [-0.39, 0.29) is 5.75 Å². The van der Waals surface area contributed by atoms with E-state index in [9.17, 15) is 29.2 Å². The molecule has 0 saturated carbocycles. The number of H-pyrrole nitrogens is 1. The van der Waals surface area contributed by atoms with Crippen LogP contribution in [0.1, 0.15) is 33.9 Å². The number of aliphatic hydroxyl groups is 2. The van der Waals surface area contributed by atoms with Crippen molar-refractivity contribution >= 4 is 13.7 Å². The number of carbonyl (C=O) groups is 1. The molecule has 1 aromatic carbocycles. The van der Waals surface area contributed by atoms with Crippen molar-refractivity contribution in [1.82, 2.24) is 14.6 Å². The number of nitrogens with zero attached hydrogens (tertiary/aromatic N) is 1. The van der Waals surface area contributed by atoms with Crippen LogP contribution in [-0.4, -0.2) is 62.0 Å². The predicted octanol–water partition coefficient (Wildman–Crippen LogP) is 0.977. The molecule has 1 fully saturated rings. The summed E-state index contributed by atoms with van der Waals surface area (Å²) in [7, 11) is -4.55. The topological polar surface area (TPSA) is 178 Å². The minimum Gasteiger partial charge on any atom is -0.462 e. The zero-order valence-electron chi connectivity index (χ0n) is 20.5. The average Bonchev–Trinajstić information content (AvgIpc) is 2.98. The lowest BCUT2D eigenvalue weighted by molar-refractivity contribution is -0.204. The van der Waals surface area contributed by atoms with Crippen molar-refractivity contribution in [3.8, 4) is 5.75 Å². The third-order valence-electron chi connectivity index (χ3n) is 5.33. The number of carbonyl (C=O) groups excluding carboxylic acids is 1. The molecule has 1 aliphatic rings. The first kappa shape index (κ1) is 28.7. The van der Waals surface area contributed by atoms with Crippen molar-refractivity contribution in [3.63, 3.8) is 0 Å². The van der Waals surface area contributed by atoms with Gasteiger partial charge in [-0.25, -0.2) is 13.8 Å². The molecule has 0 amide bonds. The molecular formula is C22H29FN3O10P. The Bertz CT molecular complexity index is 1270. The Kier molecular flexibility index (Phi) is 8.42. The van der Waals surface area contributed by atoms with Crippen LogP contribution >= 0.6 is 7.75 Å². The van der Waals surface area contributed by atoms with Crippen LogP contribution in [0.5, 0.6) is 5.75 Å². The highest BCUT2D eigenvalue weighted by molar-refractivity contribution is 7.52. The van der Waals surface area contributed by atoms with Crippen LogP contribution < -0.4 is 20.9 Å². The van der Waals surface area contributed by atoms with E-state index in [4.69, 9.17) is 18.5 Å². The summed E-state index contributed by atoms with van der Waals surface area (Å²) in [6.45, 7) is 4.29. The number of alkyl halides is 1. The molecule has 13 nitrogen and oxygen atoms in total. The molecule has 2 aromatic rings. The smallest absolute Gasteiger partial charge is 0.459 e. The number of nitrogens with one attached hydrogen (secondary N) is 2. The normalized spacial score (nSPS) is 28.0. The van der Waals surface area contributed by atoms with Gasteiger partial charge < -0.3 is 24.2 Å². The van der Waals surface area contributed by atoms with Crippen molar-refractivity contribution in [2.24, 2.45) is 0 Å². The van der Waals surface area contributed by atoms with E-state index in [0.717, 1.165) is 19.2 Å². The van der Waals surface area contributed by atoms with Crippen LogP contribution in [0.4, 0.5) is 4.39 Å². The number of halogens is 1. The second kappa shape index (κ2) is 10.9. The molecule has 1 saturated heterocycles. The summed E-state index contributed by atoms with van der Waals surface area (Å²) >= 11 is 0. The summed E-state index contributed by atoms with van der Waals surface area (Å²) < 4.78 is 51.0. The second-order valence-electron chi connectivity index (χ2n) is 8.91. The van der Waals surface area contributed by atoms with Gasteiger partial charge in [0.2, 0.25) is 0 Å². The van der Waals surface area contributed by atoms with E-state index in [1.165, 1.54) is 19.1 Å². The molecule has 0 radical (unpaired) electrons. The van der Waals surface area contributed by atoms with Gasteiger partial charge in [0, 0.05) is 12.3 Å². The van der Waals surface area contributed by atoms with E-state index in [1.54, 1.807) is 32.0 Å². The maximum Gasteiger partial charge on any atom is 0.459 e. The predicted molar refractivity (Wildman–Crippen MR) is 126 cm³/mol. The number of para-hydroxylation sites is 1. The third kappa shape index (κ3) is 6.53. The SMILES string of the molecule is CC(C)OC(=O)[C@@H](C)NP(=O)(OC[C@@]1(F)O[C@@H](n2ccc(=O)[nH]c2=O)[C@](C)(O)[C@@H]1O)Oc1ccccc1. The molecule has 1 aliphatic heterocycles. The van der Waals surface area contributed by atoms with Gasteiger partial charge in [-0.15, -0.1) is 0 Å². The summed E-state index contributed by atoms with van der Waals surface area (Å²) in [5.41, 5.74) is -4.18. The monoisotopic (exact) mass is 545 g/mol. The van der Waals surface area contributed by atoms with Gasteiger partial charge in [-0.2, -0.15) is 5.09 Å². The molecule has 3 rings (SSSR count). The first-order chi connectivity index (χ1) is 17.2. The van der Waals surface area contributed by atoms with E-state index in [0.29, 0.717) is 4.57 Å². The number of ether oxygens (including phenoxy) is 2. The number of hydrogen-bond acceptors (Lipinski definition) is 10. The zero-order valence-corrected chi connectivity index (χ0v) is 21.4. The van der Waals surface area contributed by atoms with Crippen molar-refractivity contribution in [1.29, 1.82) is 0 Å². The number of aromatic amines is 1. The van der Waals surface area contributed by atoms with Crippen LogP contribution in [-0.2, 0) is 23.4 Å². The van der Waals surface area contributed by atoms with Crippen LogP contribution in [0.3, 0.4) is 0 Å². The highest BCUT2D eigenvalue weighted by atomic mass is 31.2. The first-order valence-corrected chi connectivity index (χ1v) is 12.8. The number of hydrogen-bond donors (Lipinski definition) is 4. The van der Waals surface area contributed by atoms with Crippen molar-refractivity contribution in [2.45, 2.75) is 63.6 Å². The molecule has 1 aromatic heterocycles. The summed E-state index contributed by atoms with van der Waals surface area (Å²) in [5.74, 6) is -3.95. The van der Waals surface area contributed by atoms with Gasteiger partial charge in [0.05, 0.1) is 6.10 Å². The van der Waals surface area contributed by atoms with Crippen molar-refractivity contribution < 1.29 is 42.5 Å². The molecular weight excluding hydrogens is 516 g/mol. The van der Waals surface area contributed by atoms with Crippen molar-refractivity contribution in [2.75, 3.05) is 6.61 Å². The van der Waals surface area contributed by atoms with Crippen molar-refractivity contribution in [3.05, 3.63) is 63.4 Å². The standard InChI is InChI=1S/C22H29FN3O10P/c1-13(2)34-17(28)14(3)25-37(32,36-15-8-6-5-7-9-15)33-12-22(23)18(29)21(4,31)19(35-22)26-11-10-16(27)24-20(26)30/h5-11,13-14,18-19,29,31H,12H2,1-4H3,(H,25,32)(H,24,27,30)/t14-,18+,19-,21-,22-,37?/m1/s1. The Balaban J connectivity index is 1.86. The molecule has 0 aliphatic carbocycles. The Hall–Kier alpha value is -2.87. The first-order valence-electron chi connectivity index (χ1n) is 11.2. The maximum atomic E-state index is 15.8. The molecule has 15 heteroatoms. The van der Waals surface area contributed by atoms with Crippen LogP contribution in [0.2, 0.25) is 0 Å². The Morgan fingerprint density at radius 2 is 1.92 bits per heavy atom. The van der Waals surface area contributed by atoms with Gasteiger partial charge in [-0.05, 0) is 39.8 Å². The van der Waals surface area contributed by atoms with E-state index in [2.05, 4.69) is 5.09 Å². The number of benzene rings is 1. The van der Waals surface area contributed by atoms with Gasteiger partial charge in [-0.3, -0.25) is 23.7 Å². The van der Waals surface area contributed by atoms with Gasteiger partial charge >= 0.3 is 19.4 Å². The Labute approximate surface area is 210 Å². The highest BCUT2D eigenvalue weighted by Crippen LogP contribution is 2.50. The molecule has 204 valence electrons. The molecule has 1 unspecified atom stereocenters. The van der Waals surface area contributed by atoms with Crippen LogP contribution in [0.25, 0.3) is 0 Å². The molecule has 2 heterocycles. The summed E-state index contributed by atoms with van der Waals surface area (Å²) in [6.07, 6.45) is -3.63. The number of aromatic nitrogens is 2. The molecule has 4 N–H and O–H groups in total. The fourth-order valence-electron chi connectivity index (χ4n) is 3.51.